The normalized spacial score (nSPS) is 11.1. The number of hydrogen-bond acceptors (Lipinski definition) is 4. The fraction of sp³-hybridized carbons (Fsp3) is 0.462. The molecule has 0 aliphatic carbocycles. The second-order valence-electron chi connectivity index (χ2n) is 4.85. The van der Waals surface area contributed by atoms with Crippen LogP contribution >= 0.6 is 11.8 Å². The first kappa shape index (κ1) is 14.7. The Bertz CT molecular complexity index is 385. The van der Waals surface area contributed by atoms with Gasteiger partial charge in [-0.25, -0.2) is 4.79 Å². The van der Waals surface area contributed by atoms with E-state index in [1.54, 1.807) is 11.8 Å². The molecule has 3 N–H and O–H groups in total. The molecule has 0 spiro atoms. The van der Waals surface area contributed by atoms with E-state index in [-0.39, 0.29) is 6.09 Å². The van der Waals surface area contributed by atoms with Crippen molar-refractivity contribution in [2.45, 2.75) is 31.3 Å². The van der Waals surface area contributed by atoms with Crippen molar-refractivity contribution in [2.24, 2.45) is 0 Å². The van der Waals surface area contributed by atoms with E-state index in [4.69, 9.17) is 10.5 Å². The highest BCUT2D eigenvalue weighted by Crippen LogP contribution is 2.18. The van der Waals surface area contributed by atoms with Gasteiger partial charge in [0, 0.05) is 22.9 Å². The molecule has 0 unspecified atom stereocenters. The number of amides is 1. The molecule has 1 aromatic carbocycles. The average Bonchev–Trinajstić information content (AvgIpc) is 2.24. The van der Waals surface area contributed by atoms with Crippen LogP contribution in [0.15, 0.2) is 29.2 Å². The van der Waals surface area contributed by atoms with Gasteiger partial charge in [-0.15, -0.1) is 11.8 Å². The van der Waals surface area contributed by atoms with E-state index in [1.165, 1.54) is 0 Å². The molecule has 0 saturated carbocycles. The van der Waals surface area contributed by atoms with Crippen LogP contribution in [0.2, 0.25) is 0 Å². The maximum atomic E-state index is 11.4. The van der Waals surface area contributed by atoms with Crippen LogP contribution in [0.1, 0.15) is 20.8 Å². The predicted octanol–water partition coefficient (Wildman–Crippen LogP) is 2.89. The molecule has 0 bridgehead atoms. The molecule has 1 rings (SSSR count). The molecule has 0 aliphatic heterocycles. The summed E-state index contributed by atoms with van der Waals surface area (Å²) in [5, 5.41) is 2.71. The Morgan fingerprint density at radius 3 is 2.50 bits per heavy atom. The van der Waals surface area contributed by atoms with Crippen LogP contribution in [0.5, 0.6) is 0 Å². The number of benzene rings is 1. The van der Waals surface area contributed by atoms with Gasteiger partial charge in [-0.3, -0.25) is 0 Å². The standard InChI is InChI=1S/C13H20N2O2S/c1-13(2,3)17-12(16)15-8-9-18-11-6-4-10(14)5-7-11/h4-7H,8-9,14H2,1-3H3,(H,15,16). The molecule has 5 heteroatoms. The molecule has 1 aromatic rings. The lowest BCUT2D eigenvalue weighted by molar-refractivity contribution is 0.0531. The van der Waals surface area contributed by atoms with E-state index in [0.29, 0.717) is 6.54 Å². The number of carbonyl (C=O) groups is 1. The third-order valence-electron chi connectivity index (χ3n) is 1.92. The highest BCUT2D eigenvalue weighted by atomic mass is 32.2. The number of nitrogens with one attached hydrogen (secondary N) is 1. The van der Waals surface area contributed by atoms with Crippen LogP contribution in [-0.4, -0.2) is 24.0 Å². The van der Waals surface area contributed by atoms with Crippen LogP contribution in [0.4, 0.5) is 10.5 Å². The van der Waals surface area contributed by atoms with Gasteiger partial charge < -0.3 is 15.8 Å². The second kappa shape index (κ2) is 6.54. The van der Waals surface area contributed by atoms with Gasteiger partial charge in [0.2, 0.25) is 0 Å². The van der Waals surface area contributed by atoms with Gasteiger partial charge in [0.05, 0.1) is 0 Å². The van der Waals surface area contributed by atoms with E-state index in [9.17, 15) is 4.79 Å². The van der Waals surface area contributed by atoms with Crippen molar-refractivity contribution in [3.05, 3.63) is 24.3 Å². The molecular formula is C13H20N2O2S. The van der Waals surface area contributed by atoms with Gasteiger partial charge in [-0.2, -0.15) is 0 Å². The van der Waals surface area contributed by atoms with Gasteiger partial charge in [0.1, 0.15) is 5.60 Å². The van der Waals surface area contributed by atoms with Gasteiger partial charge in [-0.1, -0.05) is 0 Å². The molecular weight excluding hydrogens is 248 g/mol. The molecule has 1 amide bonds. The molecule has 0 heterocycles. The van der Waals surface area contributed by atoms with E-state index in [2.05, 4.69) is 5.32 Å². The molecule has 0 saturated heterocycles. The van der Waals surface area contributed by atoms with Crippen molar-refractivity contribution in [3.8, 4) is 0 Å². The number of nitrogen functional groups attached to an aromatic ring is 1. The minimum atomic E-state index is -0.450. The Balaban J connectivity index is 2.19. The van der Waals surface area contributed by atoms with Crippen LogP contribution < -0.4 is 11.1 Å². The minimum Gasteiger partial charge on any atom is -0.444 e. The van der Waals surface area contributed by atoms with E-state index < -0.39 is 5.60 Å². The maximum absolute atomic E-state index is 11.4. The summed E-state index contributed by atoms with van der Waals surface area (Å²) >= 11 is 1.66. The third-order valence-corrected chi connectivity index (χ3v) is 2.93. The molecule has 4 nitrogen and oxygen atoms in total. The van der Waals surface area contributed by atoms with Crippen LogP contribution in [0.25, 0.3) is 0 Å². The topological polar surface area (TPSA) is 64.3 Å². The molecule has 100 valence electrons. The van der Waals surface area contributed by atoms with Gasteiger partial charge in [0.15, 0.2) is 0 Å². The van der Waals surface area contributed by atoms with Crippen molar-refractivity contribution in [1.82, 2.24) is 5.32 Å². The fourth-order valence-electron chi connectivity index (χ4n) is 1.20. The molecule has 0 radical (unpaired) electrons. The van der Waals surface area contributed by atoms with Gasteiger partial charge in [-0.05, 0) is 45.0 Å². The van der Waals surface area contributed by atoms with Crippen molar-refractivity contribution in [2.75, 3.05) is 18.0 Å². The van der Waals surface area contributed by atoms with Gasteiger partial charge in [0.25, 0.3) is 0 Å². The number of anilines is 1. The largest absolute Gasteiger partial charge is 0.444 e. The molecule has 0 aliphatic rings. The summed E-state index contributed by atoms with van der Waals surface area (Å²) in [4.78, 5) is 12.5. The van der Waals surface area contributed by atoms with Crippen LogP contribution in [0.3, 0.4) is 0 Å². The number of ether oxygens (including phenoxy) is 1. The Labute approximate surface area is 112 Å². The lowest BCUT2D eigenvalue weighted by Gasteiger charge is -2.19. The zero-order chi connectivity index (χ0) is 13.6. The lowest BCUT2D eigenvalue weighted by atomic mass is 10.2. The fourth-order valence-corrected chi connectivity index (χ4v) is 1.97. The lowest BCUT2D eigenvalue weighted by Crippen LogP contribution is -2.33. The Hall–Kier alpha value is -1.36. The summed E-state index contributed by atoms with van der Waals surface area (Å²) < 4.78 is 5.13. The quantitative estimate of drug-likeness (QED) is 0.500. The number of nitrogens with two attached hydrogens (primary N) is 1. The first-order chi connectivity index (χ1) is 8.37. The first-order valence-electron chi connectivity index (χ1n) is 5.82. The Morgan fingerprint density at radius 1 is 1.33 bits per heavy atom. The Morgan fingerprint density at radius 2 is 1.94 bits per heavy atom. The summed E-state index contributed by atoms with van der Waals surface area (Å²) in [7, 11) is 0. The highest BCUT2D eigenvalue weighted by molar-refractivity contribution is 7.99. The molecule has 0 fully saturated rings. The number of hydrogen-bond donors (Lipinski definition) is 2. The van der Waals surface area contributed by atoms with Crippen molar-refractivity contribution >= 4 is 23.5 Å². The maximum Gasteiger partial charge on any atom is 0.407 e. The number of thioether (sulfide) groups is 1. The molecule has 18 heavy (non-hydrogen) atoms. The van der Waals surface area contributed by atoms with Crippen LogP contribution in [-0.2, 0) is 4.74 Å². The summed E-state index contributed by atoms with van der Waals surface area (Å²) in [6.07, 6.45) is -0.375. The summed E-state index contributed by atoms with van der Waals surface area (Å²) in [6.45, 7) is 6.10. The number of rotatable bonds is 4. The van der Waals surface area contributed by atoms with Crippen molar-refractivity contribution in [1.29, 1.82) is 0 Å². The zero-order valence-corrected chi connectivity index (χ0v) is 11.8. The number of carbonyl (C=O) groups excluding carboxylic acids is 1. The second-order valence-corrected chi connectivity index (χ2v) is 6.01. The zero-order valence-electron chi connectivity index (χ0n) is 11.0. The third kappa shape index (κ3) is 6.39. The van der Waals surface area contributed by atoms with Gasteiger partial charge >= 0.3 is 6.09 Å². The van der Waals surface area contributed by atoms with E-state index in [0.717, 1.165) is 16.3 Å². The Kier molecular flexibility index (Phi) is 5.34. The monoisotopic (exact) mass is 268 g/mol. The minimum absolute atomic E-state index is 0.375. The molecule has 0 aromatic heterocycles. The average molecular weight is 268 g/mol. The highest BCUT2D eigenvalue weighted by Gasteiger charge is 2.15. The summed E-state index contributed by atoms with van der Waals surface area (Å²) in [5.74, 6) is 0.795. The smallest absolute Gasteiger partial charge is 0.407 e. The van der Waals surface area contributed by atoms with E-state index >= 15 is 0 Å². The molecule has 0 atom stereocenters. The SMILES string of the molecule is CC(C)(C)OC(=O)NCCSc1ccc(N)cc1. The van der Waals surface area contributed by atoms with Crippen LogP contribution in [0, 0.1) is 0 Å². The summed E-state index contributed by atoms with van der Waals surface area (Å²) in [5.41, 5.74) is 5.90. The van der Waals surface area contributed by atoms with E-state index in [1.807, 2.05) is 45.0 Å². The predicted molar refractivity (Wildman–Crippen MR) is 75.8 cm³/mol. The number of alkyl carbamates (subject to hydrolysis) is 1. The van der Waals surface area contributed by atoms with Crippen molar-refractivity contribution < 1.29 is 9.53 Å². The first-order valence-corrected chi connectivity index (χ1v) is 6.80. The van der Waals surface area contributed by atoms with Crippen molar-refractivity contribution in [3.63, 3.8) is 0 Å². The summed E-state index contributed by atoms with van der Waals surface area (Å²) in [6, 6.07) is 7.66.